The Morgan fingerprint density at radius 1 is 1.26 bits per heavy atom. The lowest BCUT2D eigenvalue weighted by atomic mass is 10.2. The molecule has 0 saturated carbocycles. The molecule has 1 aromatic carbocycles. The van der Waals surface area contributed by atoms with Gasteiger partial charge in [-0.3, -0.25) is 4.79 Å². The second-order valence-electron chi connectivity index (χ2n) is 3.77. The Morgan fingerprint density at radius 3 is 2.58 bits per heavy atom. The fourth-order valence-corrected chi connectivity index (χ4v) is 1.39. The Hall–Kier alpha value is -1.76. The van der Waals surface area contributed by atoms with E-state index in [1.54, 1.807) is 0 Å². The first-order valence-electron chi connectivity index (χ1n) is 5.68. The highest BCUT2D eigenvalue weighted by Crippen LogP contribution is 2.29. The van der Waals surface area contributed by atoms with Gasteiger partial charge in [0.1, 0.15) is 0 Å². The number of alkyl halides is 3. The summed E-state index contributed by atoms with van der Waals surface area (Å²) in [6.45, 7) is -0.0267. The van der Waals surface area contributed by atoms with E-state index >= 15 is 0 Å². The monoisotopic (exact) mass is 277 g/mol. The molecule has 0 aliphatic heterocycles. The number of rotatable bonds is 6. The minimum absolute atomic E-state index is 0.0267. The minimum Gasteiger partial charge on any atom is -0.404 e. The van der Waals surface area contributed by atoms with Crippen LogP contribution in [0, 0.1) is 0 Å². The van der Waals surface area contributed by atoms with Gasteiger partial charge in [0.15, 0.2) is 5.75 Å². The number of aliphatic hydroxyl groups is 1. The number of carbonyl (C=O) groups is 1. The van der Waals surface area contributed by atoms with Crippen LogP contribution in [0.3, 0.4) is 0 Å². The van der Waals surface area contributed by atoms with Crippen LogP contribution < -0.4 is 10.1 Å². The maximum atomic E-state index is 12.1. The number of unbranched alkanes of at least 4 members (excludes halogenated alkanes) is 1. The lowest BCUT2D eigenvalue weighted by Gasteiger charge is -2.13. The smallest absolute Gasteiger partial charge is 0.404 e. The van der Waals surface area contributed by atoms with Gasteiger partial charge in [0.05, 0.1) is 5.69 Å². The molecule has 0 unspecified atom stereocenters. The Kier molecular flexibility index (Phi) is 5.62. The molecule has 0 bridgehead atoms. The van der Waals surface area contributed by atoms with Crippen LogP contribution in [0.15, 0.2) is 24.3 Å². The first-order valence-corrected chi connectivity index (χ1v) is 5.68. The number of aliphatic hydroxyl groups excluding tert-OH is 1. The van der Waals surface area contributed by atoms with Crippen LogP contribution in [0.1, 0.15) is 19.3 Å². The number of nitrogens with one attached hydrogen (secondary N) is 1. The summed E-state index contributed by atoms with van der Waals surface area (Å²) in [6, 6.07) is 5.32. The van der Waals surface area contributed by atoms with Crippen molar-refractivity contribution in [2.45, 2.75) is 25.6 Å². The van der Waals surface area contributed by atoms with Crippen molar-refractivity contribution in [2.24, 2.45) is 0 Å². The van der Waals surface area contributed by atoms with Crippen molar-refractivity contribution in [3.8, 4) is 5.75 Å². The second kappa shape index (κ2) is 6.98. The fraction of sp³-hybridized carbons (Fsp3) is 0.417. The number of benzene rings is 1. The summed E-state index contributed by atoms with van der Waals surface area (Å²) in [5, 5.41) is 10.9. The number of halogens is 3. The minimum atomic E-state index is -4.81. The normalized spacial score (nSPS) is 11.2. The molecule has 0 aliphatic rings. The number of para-hydroxylation sites is 2. The number of amides is 1. The van der Waals surface area contributed by atoms with Crippen LogP contribution in [0.25, 0.3) is 0 Å². The van der Waals surface area contributed by atoms with Crippen molar-refractivity contribution in [3.63, 3.8) is 0 Å². The topological polar surface area (TPSA) is 58.6 Å². The van der Waals surface area contributed by atoms with E-state index in [0.29, 0.717) is 12.8 Å². The SMILES string of the molecule is O=C(CCCCO)Nc1ccccc1OC(F)(F)F. The molecular weight excluding hydrogens is 263 g/mol. The Labute approximate surface area is 108 Å². The summed E-state index contributed by atoms with van der Waals surface area (Å²) in [6.07, 6.45) is -3.75. The number of hydrogen-bond donors (Lipinski definition) is 2. The van der Waals surface area contributed by atoms with E-state index in [0.717, 1.165) is 6.07 Å². The van der Waals surface area contributed by atoms with Crippen molar-refractivity contribution in [1.82, 2.24) is 0 Å². The molecule has 106 valence electrons. The van der Waals surface area contributed by atoms with E-state index in [1.807, 2.05) is 0 Å². The molecule has 0 aliphatic carbocycles. The average Bonchev–Trinajstić information content (AvgIpc) is 2.30. The summed E-state index contributed by atoms with van der Waals surface area (Å²) in [5.74, 6) is -0.878. The van der Waals surface area contributed by atoms with E-state index in [1.165, 1.54) is 18.2 Å². The highest BCUT2D eigenvalue weighted by molar-refractivity contribution is 5.92. The molecule has 0 aromatic heterocycles. The standard InChI is InChI=1S/C12H14F3NO3/c13-12(14,15)19-10-6-2-1-5-9(10)16-11(18)7-3-4-8-17/h1-2,5-6,17H,3-4,7-8H2,(H,16,18). The molecule has 0 radical (unpaired) electrons. The summed E-state index contributed by atoms with van der Waals surface area (Å²) in [7, 11) is 0. The van der Waals surface area contributed by atoms with Gasteiger partial charge in [0.25, 0.3) is 0 Å². The van der Waals surface area contributed by atoms with Crippen molar-refractivity contribution in [2.75, 3.05) is 11.9 Å². The maximum absolute atomic E-state index is 12.1. The van der Waals surface area contributed by atoms with Gasteiger partial charge in [-0.25, -0.2) is 0 Å². The lowest BCUT2D eigenvalue weighted by Crippen LogP contribution is -2.19. The molecule has 0 heterocycles. The molecule has 0 fully saturated rings. The number of anilines is 1. The summed E-state index contributed by atoms with van der Waals surface area (Å²) < 4.78 is 40.2. The van der Waals surface area contributed by atoms with Crippen molar-refractivity contribution < 1.29 is 27.8 Å². The van der Waals surface area contributed by atoms with Gasteiger partial charge < -0.3 is 15.2 Å². The molecule has 0 spiro atoms. The molecule has 1 aromatic rings. The molecule has 1 rings (SSSR count). The predicted molar refractivity (Wildman–Crippen MR) is 62.7 cm³/mol. The fourth-order valence-electron chi connectivity index (χ4n) is 1.39. The molecular formula is C12H14F3NO3. The first kappa shape index (κ1) is 15.3. The van der Waals surface area contributed by atoms with Crippen LogP contribution in [-0.4, -0.2) is 24.0 Å². The van der Waals surface area contributed by atoms with Crippen LogP contribution in [0.2, 0.25) is 0 Å². The van der Waals surface area contributed by atoms with Gasteiger partial charge in [0.2, 0.25) is 5.91 Å². The van der Waals surface area contributed by atoms with E-state index in [2.05, 4.69) is 10.1 Å². The van der Waals surface area contributed by atoms with Crippen LogP contribution in [0.4, 0.5) is 18.9 Å². The number of carbonyl (C=O) groups excluding carboxylic acids is 1. The van der Waals surface area contributed by atoms with Crippen molar-refractivity contribution >= 4 is 11.6 Å². The third-order valence-corrected chi connectivity index (χ3v) is 2.20. The van der Waals surface area contributed by atoms with E-state index < -0.39 is 18.0 Å². The molecule has 2 N–H and O–H groups in total. The van der Waals surface area contributed by atoms with Gasteiger partial charge in [-0.05, 0) is 25.0 Å². The van der Waals surface area contributed by atoms with Gasteiger partial charge >= 0.3 is 6.36 Å². The Balaban J connectivity index is 2.64. The highest BCUT2D eigenvalue weighted by Gasteiger charge is 2.32. The zero-order chi connectivity index (χ0) is 14.3. The summed E-state index contributed by atoms with van der Waals surface area (Å²) in [4.78, 5) is 11.5. The number of hydrogen-bond acceptors (Lipinski definition) is 3. The van der Waals surface area contributed by atoms with E-state index in [9.17, 15) is 18.0 Å². The Bertz CT molecular complexity index is 421. The average molecular weight is 277 g/mol. The maximum Gasteiger partial charge on any atom is 0.573 e. The predicted octanol–water partition coefficient (Wildman–Crippen LogP) is 2.69. The second-order valence-corrected chi connectivity index (χ2v) is 3.77. The molecule has 7 heteroatoms. The van der Waals surface area contributed by atoms with Gasteiger partial charge in [0, 0.05) is 13.0 Å². The molecule has 0 saturated heterocycles. The third kappa shape index (κ3) is 6.10. The lowest BCUT2D eigenvalue weighted by molar-refractivity contribution is -0.274. The zero-order valence-corrected chi connectivity index (χ0v) is 10.0. The Morgan fingerprint density at radius 2 is 1.95 bits per heavy atom. The van der Waals surface area contributed by atoms with Gasteiger partial charge in [-0.15, -0.1) is 13.2 Å². The van der Waals surface area contributed by atoms with Crippen molar-refractivity contribution in [1.29, 1.82) is 0 Å². The van der Waals surface area contributed by atoms with Crippen LogP contribution in [-0.2, 0) is 4.79 Å². The van der Waals surface area contributed by atoms with Crippen LogP contribution >= 0.6 is 0 Å². The largest absolute Gasteiger partial charge is 0.573 e. The van der Waals surface area contributed by atoms with Crippen LogP contribution in [0.5, 0.6) is 5.75 Å². The van der Waals surface area contributed by atoms with Gasteiger partial charge in [-0.2, -0.15) is 0 Å². The molecule has 4 nitrogen and oxygen atoms in total. The number of ether oxygens (including phenoxy) is 1. The van der Waals surface area contributed by atoms with E-state index in [-0.39, 0.29) is 18.7 Å². The quantitative estimate of drug-likeness (QED) is 0.786. The first-order chi connectivity index (χ1) is 8.92. The van der Waals surface area contributed by atoms with Crippen molar-refractivity contribution in [3.05, 3.63) is 24.3 Å². The molecule has 19 heavy (non-hydrogen) atoms. The zero-order valence-electron chi connectivity index (χ0n) is 10.0. The summed E-state index contributed by atoms with van der Waals surface area (Å²) >= 11 is 0. The van der Waals surface area contributed by atoms with Gasteiger partial charge in [-0.1, -0.05) is 12.1 Å². The molecule has 1 amide bonds. The summed E-state index contributed by atoms with van der Waals surface area (Å²) in [5.41, 5.74) is -0.0335. The molecule has 0 atom stereocenters. The third-order valence-electron chi connectivity index (χ3n) is 2.20. The highest BCUT2D eigenvalue weighted by atomic mass is 19.4. The van der Waals surface area contributed by atoms with E-state index in [4.69, 9.17) is 5.11 Å².